The van der Waals surface area contributed by atoms with Gasteiger partial charge in [-0.05, 0) is 24.3 Å². The van der Waals surface area contributed by atoms with Gasteiger partial charge in [-0.1, -0.05) is 0 Å². The Kier molecular flexibility index (Phi) is 4.06. The molecule has 0 radical (unpaired) electrons. The Morgan fingerprint density at radius 1 is 1.37 bits per heavy atom. The van der Waals surface area contributed by atoms with E-state index in [4.69, 9.17) is 10.5 Å². The molecule has 19 heavy (non-hydrogen) atoms. The zero-order chi connectivity index (χ0) is 13.8. The quantitative estimate of drug-likeness (QED) is 0.886. The number of rotatable bonds is 5. The monoisotopic (exact) mass is 260 g/mol. The Morgan fingerprint density at radius 2 is 2.05 bits per heavy atom. The molecular weight excluding hydrogens is 240 g/mol. The van der Waals surface area contributed by atoms with Crippen LogP contribution in [0.1, 0.15) is 11.6 Å². The van der Waals surface area contributed by atoms with Gasteiger partial charge in [0.05, 0.1) is 19.3 Å². The Balaban J connectivity index is 2.22. The van der Waals surface area contributed by atoms with Crippen molar-refractivity contribution in [1.29, 1.82) is 0 Å². The van der Waals surface area contributed by atoms with Crippen molar-refractivity contribution in [3.8, 4) is 5.75 Å². The minimum Gasteiger partial charge on any atom is -0.497 e. The number of anilines is 1. The summed E-state index contributed by atoms with van der Waals surface area (Å²) in [7, 11) is 5.61. The van der Waals surface area contributed by atoms with Crippen LogP contribution >= 0.6 is 0 Å². The molecule has 2 N–H and O–H groups in total. The fourth-order valence-corrected chi connectivity index (χ4v) is 2.13. The molecule has 0 fully saturated rings. The number of nitrogens with two attached hydrogens (primary N) is 1. The van der Waals surface area contributed by atoms with Gasteiger partial charge in [-0.15, -0.1) is 0 Å². The lowest BCUT2D eigenvalue weighted by Crippen LogP contribution is -2.30. The van der Waals surface area contributed by atoms with Crippen LogP contribution in [-0.2, 0) is 7.05 Å². The van der Waals surface area contributed by atoms with Gasteiger partial charge in [0.25, 0.3) is 0 Å². The van der Waals surface area contributed by atoms with Gasteiger partial charge in [-0.25, -0.2) is 0 Å². The molecule has 0 aliphatic heterocycles. The number of likely N-dealkylation sites (N-methyl/N-ethyl adjacent to an activating group) is 1. The number of methoxy groups -OCH3 is 1. The lowest BCUT2D eigenvalue weighted by Gasteiger charge is -2.28. The zero-order valence-corrected chi connectivity index (χ0v) is 11.6. The van der Waals surface area contributed by atoms with E-state index in [2.05, 4.69) is 10.00 Å². The minimum absolute atomic E-state index is 0.113. The number of hydrogen-bond donors (Lipinski definition) is 1. The van der Waals surface area contributed by atoms with Crippen LogP contribution < -0.4 is 15.4 Å². The molecular formula is C14H20N4O. The van der Waals surface area contributed by atoms with Gasteiger partial charge in [0.2, 0.25) is 0 Å². The second-order valence-electron chi connectivity index (χ2n) is 4.51. The average molecular weight is 260 g/mol. The van der Waals surface area contributed by atoms with E-state index in [-0.39, 0.29) is 6.04 Å². The molecule has 1 unspecified atom stereocenters. The van der Waals surface area contributed by atoms with Gasteiger partial charge in [-0.2, -0.15) is 5.10 Å². The van der Waals surface area contributed by atoms with Crippen molar-refractivity contribution in [2.75, 3.05) is 25.6 Å². The lowest BCUT2D eigenvalue weighted by atomic mass is 10.1. The normalized spacial score (nSPS) is 12.2. The molecule has 0 spiro atoms. The molecule has 0 aliphatic carbocycles. The first-order valence-electron chi connectivity index (χ1n) is 6.21. The van der Waals surface area contributed by atoms with Gasteiger partial charge < -0.3 is 15.4 Å². The van der Waals surface area contributed by atoms with Gasteiger partial charge in [-0.3, -0.25) is 4.68 Å². The fourth-order valence-electron chi connectivity index (χ4n) is 2.13. The third kappa shape index (κ3) is 2.88. The Hall–Kier alpha value is -2.01. The minimum atomic E-state index is 0.113. The maximum Gasteiger partial charge on any atom is 0.119 e. The van der Waals surface area contributed by atoms with E-state index in [1.807, 2.05) is 50.8 Å². The maximum atomic E-state index is 5.90. The molecule has 0 bridgehead atoms. The molecule has 5 nitrogen and oxygen atoms in total. The van der Waals surface area contributed by atoms with Crippen LogP contribution in [0.5, 0.6) is 5.75 Å². The molecule has 0 aliphatic rings. The van der Waals surface area contributed by atoms with Crippen molar-refractivity contribution >= 4 is 5.69 Å². The molecule has 2 aromatic rings. The predicted octanol–water partition coefficient (Wildman–Crippen LogP) is 1.56. The van der Waals surface area contributed by atoms with Crippen molar-refractivity contribution in [3.63, 3.8) is 0 Å². The summed E-state index contributed by atoms with van der Waals surface area (Å²) < 4.78 is 6.96. The molecule has 0 saturated carbocycles. The standard InChI is InChI=1S/C14H20N4O/c1-17-10-11(9-16-17)14(8-15)18(2)12-4-6-13(19-3)7-5-12/h4-7,9-10,14H,8,15H2,1-3H3. The average Bonchev–Trinajstić information content (AvgIpc) is 2.86. The summed E-state index contributed by atoms with van der Waals surface area (Å²) in [6.45, 7) is 0.536. The molecule has 1 aromatic heterocycles. The summed E-state index contributed by atoms with van der Waals surface area (Å²) in [4.78, 5) is 2.15. The van der Waals surface area contributed by atoms with E-state index in [0.717, 1.165) is 17.0 Å². The lowest BCUT2D eigenvalue weighted by molar-refractivity contribution is 0.415. The zero-order valence-electron chi connectivity index (χ0n) is 11.6. The highest BCUT2D eigenvalue weighted by Crippen LogP contribution is 2.26. The van der Waals surface area contributed by atoms with Crippen LogP contribution in [0.15, 0.2) is 36.7 Å². The second-order valence-corrected chi connectivity index (χ2v) is 4.51. The molecule has 0 saturated heterocycles. The van der Waals surface area contributed by atoms with E-state index in [9.17, 15) is 0 Å². The Morgan fingerprint density at radius 3 is 2.53 bits per heavy atom. The summed E-state index contributed by atoms with van der Waals surface area (Å²) in [5.74, 6) is 0.850. The second kappa shape index (κ2) is 5.75. The largest absolute Gasteiger partial charge is 0.497 e. The number of ether oxygens (including phenoxy) is 1. The van der Waals surface area contributed by atoms with E-state index in [1.54, 1.807) is 11.8 Å². The molecule has 1 heterocycles. The topological polar surface area (TPSA) is 56.3 Å². The van der Waals surface area contributed by atoms with E-state index < -0.39 is 0 Å². The fraction of sp³-hybridized carbons (Fsp3) is 0.357. The van der Waals surface area contributed by atoms with Crippen LogP contribution in [0.3, 0.4) is 0 Å². The number of aromatic nitrogens is 2. The highest BCUT2D eigenvalue weighted by molar-refractivity contribution is 5.50. The number of benzene rings is 1. The van der Waals surface area contributed by atoms with Crippen molar-refractivity contribution in [2.24, 2.45) is 12.8 Å². The van der Waals surface area contributed by atoms with E-state index in [0.29, 0.717) is 6.54 Å². The van der Waals surface area contributed by atoms with Crippen LogP contribution in [0.2, 0.25) is 0 Å². The molecule has 102 valence electrons. The van der Waals surface area contributed by atoms with Gasteiger partial charge in [0, 0.05) is 38.1 Å². The van der Waals surface area contributed by atoms with Gasteiger partial charge in [0.1, 0.15) is 5.75 Å². The molecule has 1 aromatic carbocycles. The van der Waals surface area contributed by atoms with Crippen molar-refractivity contribution in [1.82, 2.24) is 9.78 Å². The third-order valence-electron chi connectivity index (χ3n) is 3.28. The van der Waals surface area contributed by atoms with Gasteiger partial charge in [0.15, 0.2) is 0 Å². The smallest absolute Gasteiger partial charge is 0.119 e. The molecule has 5 heteroatoms. The number of hydrogen-bond acceptors (Lipinski definition) is 4. The highest BCUT2D eigenvalue weighted by atomic mass is 16.5. The van der Waals surface area contributed by atoms with E-state index >= 15 is 0 Å². The molecule has 1 atom stereocenters. The Labute approximate surface area is 113 Å². The summed E-state index contributed by atoms with van der Waals surface area (Å²) in [5, 5.41) is 4.20. The maximum absolute atomic E-state index is 5.90. The first-order valence-corrected chi connectivity index (χ1v) is 6.21. The molecule has 2 rings (SSSR count). The third-order valence-corrected chi connectivity index (χ3v) is 3.28. The first kappa shape index (κ1) is 13.4. The van der Waals surface area contributed by atoms with Gasteiger partial charge >= 0.3 is 0 Å². The summed E-state index contributed by atoms with van der Waals surface area (Å²) in [5.41, 5.74) is 8.12. The Bertz CT molecular complexity index is 520. The van der Waals surface area contributed by atoms with Crippen LogP contribution in [-0.4, -0.2) is 30.5 Å². The van der Waals surface area contributed by atoms with Crippen molar-refractivity contribution in [3.05, 3.63) is 42.2 Å². The SMILES string of the molecule is COc1ccc(N(C)C(CN)c2cnn(C)c2)cc1. The number of nitrogens with zero attached hydrogens (tertiary/aromatic N) is 3. The summed E-state index contributed by atoms with van der Waals surface area (Å²) in [6, 6.07) is 8.06. The number of aryl methyl sites for hydroxylation is 1. The van der Waals surface area contributed by atoms with Crippen LogP contribution in [0, 0.1) is 0 Å². The highest BCUT2D eigenvalue weighted by Gasteiger charge is 2.17. The van der Waals surface area contributed by atoms with E-state index in [1.165, 1.54) is 0 Å². The van der Waals surface area contributed by atoms with Crippen molar-refractivity contribution in [2.45, 2.75) is 6.04 Å². The predicted molar refractivity (Wildman–Crippen MR) is 76.4 cm³/mol. The van der Waals surface area contributed by atoms with Crippen LogP contribution in [0.25, 0.3) is 0 Å². The molecule has 0 amide bonds. The summed E-state index contributed by atoms with van der Waals surface area (Å²) >= 11 is 0. The van der Waals surface area contributed by atoms with Crippen LogP contribution in [0.4, 0.5) is 5.69 Å². The summed E-state index contributed by atoms with van der Waals surface area (Å²) in [6.07, 6.45) is 3.86. The van der Waals surface area contributed by atoms with Crippen molar-refractivity contribution < 1.29 is 4.74 Å². The first-order chi connectivity index (χ1) is 9.15.